The molecule has 130 valence electrons. The number of rotatable bonds is 4. The van der Waals surface area contributed by atoms with Crippen molar-refractivity contribution in [2.75, 3.05) is 17.4 Å². The van der Waals surface area contributed by atoms with Gasteiger partial charge in [-0.1, -0.05) is 19.3 Å². The summed E-state index contributed by atoms with van der Waals surface area (Å²) in [4.78, 5) is 16.7. The first-order valence-corrected chi connectivity index (χ1v) is 8.71. The molecule has 6 nitrogen and oxygen atoms in total. The quantitative estimate of drug-likeness (QED) is 0.886. The van der Waals surface area contributed by atoms with Gasteiger partial charge in [-0.25, -0.2) is 0 Å². The number of amides is 1. The molecule has 4 rings (SSSR count). The van der Waals surface area contributed by atoms with Crippen LogP contribution in [0.3, 0.4) is 0 Å². The molecule has 1 fully saturated rings. The lowest BCUT2D eigenvalue weighted by Crippen LogP contribution is -2.22. The smallest absolute Gasteiger partial charge is 0.274 e. The van der Waals surface area contributed by atoms with Crippen LogP contribution in [0.5, 0.6) is 11.5 Å². The largest absolute Gasteiger partial charge is 0.454 e. The zero-order valence-electron chi connectivity index (χ0n) is 14.0. The molecular weight excluding hydrogens is 318 g/mol. The van der Waals surface area contributed by atoms with Crippen molar-refractivity contribution < 1.29 is 14.3 Å². The summed E-state index contributed by atoms with van der Waals surface area (Å²) in [7, 11) is 0. The molecule has 2 N–H and O–H groups in total. The summed E-state index contributed by atoms with van der Waals surface area (Å²) in [6.45, 7) is 0.211. The average Bonchev–Trinajstić information content (AvgIpc) is 3.10. The number of carbonyl (C=O) groups is 1. The Kier molecular flexibility index (Phi) is 4.41. The highest BCUT2D eigenvalue weighted by atomic mass is 16.7. The van der Waals surface area contributed by atoms with E-state index in [0.29, 0.717) is 28.9 Å². The van der Waals surface area contributed by atoms with Gasteiger partial charge in [0.25, 0.3) is 5.91 Å². The van der Waals surface area contributed by atoms with Gasteiger partial charge >= 0.3 is 0 Å². The number of nitrogens with zero attached hydrogens (tertiary/aromatic N) is 1. The Hall–Kier alpha value is -2.76. The van der Waals surface area contributed by atoms with E-state index in [4.69, 9.17) is 9.47 Å². The van der Waals surface area contributed by atoms with Gasteiger partial charge in [0.15, 0.2) is 11.5 Å². The van der Waals surface area contributed by atoms with Crippen LogP contribution >= 0.6 is 0 Å². The van der Waals surface area contributed by atoms with Crippen molar-refractivity contribution in [3.63, 3.8) is 0 Å². The van der Waals surface area contributed by atoms with Crippen molar-refractivity contribution in [3.05, 3.63) is 42.2 Å². The van der Waals surface area contributed by atoms with Crippen LogP contribution in [0.15, 0.2) is 36.5 Å². The second-order valence-corrected chi connectivity index (χ2v) is 6.43. The predicted octanol–water partition coefficient (Wildman–Crippen LogP) is 3.81. The minimum absolute atomic E-state index is 0.211. The lowest BCUT2D eigenvalue weighted by molar-refractivity contribution is 0.102. The summed E-state index contributed by atoms with van der Waals surface area (Å²) in [5.41, 5.74) is 1.98. The van der Waals surface area contributed by atoms with Crippen LogP contribution in [-0.4, -0.2) is 23.7 Å². The number of ether oxygens (including phenoxy) is 2. The van der Waals surface area contributed by atoms with E-state index in [0.717, 1.165) is 5.69 Å². The second-order valence-electron chi connectivity index (χ2n) is 6.43. The van der Waals surface area contributed by atoms with Crippen molar-refractivity contribution >= 4 is 17.3 Å². The normalized spacial score (nSPS) is 16.5. The summed E-state index contributed by atoms with van der Waals surface area (Å²) >= 11 is 0. The van der Waals surface area contributed by atoms with E-state index >= 15 is 0 Å². The molecule has 2 heterocycles. The van der Waals surface area contributed by atoms with E-state index in [1.165, 1.54) is 32.1 Å². The standard InChI is InChI=1S/C19H21N3O3/c23-19(22-14-6-7-17-18(11-14)25-12-24-17)16-10-15(8-9-20-16)21-13-4-2-1-3-5-13/h6-11,13H,1-5,12H2,(H,20,21)(H,22,23). The van der Waals surface area contributed by atoms with Crippen LogP contribution in [0.1, 0.15) is 42.6 Å². The molecule has 1 aromatic carbocycles. The van der Waals surface area contributed by atoms with Gasteiger partial charge in [-0.3, -0.25) is 9.78 Å². The lowest BCUT2D eigenvalue weighted by atomic mass is 9.95. The van der Waals surface area contributed by atoms with Gasteiger partial charge in [0, 0.05) is 29.7 Å². The molecule has 6 heteroatoms. The molecule has 0 bridgehead atoms. The fourth-order valence-electron chi connectivity index (χ4n) is 3.30. The van der Waals surface area contributed by atoms with Crippen LogP contribution < -0.4 is 20.1 Å². The van der Waals surface area contributed by atoms with Gasteiger partial charge in [0.2, 0.25) is 6.79 Å². The lowest BCUT2D eigenvalue weighted by Gasteiger charge is -2.23. The average molecular weight is 339 g/mol. The first-order valence-electron chi connectivity index (χ1n) is 8.71. The molecule has 2 aromatic rings. The minimum atomic E-state index is -0.244. The van der Waals surface area contributed by atoms with Crippen LogP contribution in [-0.2, 0) is 0 Å². The molecule has 1 amide bonds. The highest BCUT2D eigenvalue weighted by Gasteiger charge is 2.16. The summed E-state index contributed by atoms with van der Waals surface area (Å²) in [5.74, 6) is 1.08. The van der Waals surface area contributed by atoms with Gasteiger partial charge < -0.3 is 20.1 Å². The van der Waals surface area contributed by atoms with Crippen molar-refractivity contribution in [2.45, 2.75) is 38.1 Å². The van der Waals surface area contributed by atoms with Crippen molar-refractivity contribution in [1.82, 2.24) is 4.98 Å². The summed E-state index contributed by atoms with van der Waals surface area (Å²) in [5, 5.41) is 6.37. The Morgan fingerprint density at radius 1 is 1.00 bits per heavy atom. The Morgan fingerprint density at radius 3 is 2.72 bits per heavy atom. The summed E-state index contributed by atoms with van der Waals surface area (Å²) in [6, 6.07) is 9.52. The van der Waals surface area contributed by atoms with E-state index in [9.17, 15) is 4.79 Å². The molecule has 1 aromatic heterocycles. The number of anilines is 2. The SMILES string of the molecule is O=C(Nc1ccc2c(c1)OCO2)c1cc(NC2CCCCC2)ccn1. The predicted molar refractivity (Wildman–Crippen MR) is 95.3 cm³/mol. The van der Waals surface area contributed by atoms with E-state index in [-0.39, 0.29) is 12.7 Å². The molecule has 0 radical (unpaired) electrons. The zero-order valence-corrected chi connectivity index (χ0v) is 14.0. The first kappa shape index (κ1) is 15.7. The summed E-state index contributed by atoms with van der Waals surface area (Å²) in [6.07, 6.45) is 7.87. The maximum atomic E-state index is 12.5. The van der Waals surface area contributed by atoms with Gasteiger partial charge in [0.1, 0.15) is 5.69 Å². The van der Waals surface area contributed by atoms with E-state index < -0.39 is 0 Å². The number of benzene rings is 1. The third-order valence-corrected chi connectivity index (χ3v) is 4.60. The molecule has 0 spiro atoms. The van der Waals surface area contributed by atoms with Crippen LogP contribution in [0.2, 0.25) is 0 Å². The summed E-state index contributed by atoms with van der Waals surface area (Å²) < 4.78 is 10.6. The second kappa shape index (κ2) is 7.01. The topological polar surface area (TPSA) is 72.5 Å². The maximum absolute atomic E-state index is 12.5. The number of nitrogens with one attached hydrogen (secondary N) is 2. The minimum Gasteiger partial charge on any atom is -0.454 e. The maximum Gasteiger partial charge on any atom is 0.274 e. The van der Waals surface area contributed by atoms with Crippen LogP contribution in [0, 0.1) is 0 Å². The molecule has 0 atom stereocenters. The van der Waals surface area contributed by atoms with Crippen LogP contribution in [0.4, 0.5) is 11.4 Å². The van der Waals surface area contributed by atoms with Crippen molar-refractivity contribution in [3.8, 4) is 11.5 Å². The molecule has 1 aliphatic heterocycles. The molecule has 1 aliphatic carbocycles. The van der Waals surface area contributed by atoms with Crippen molar-refractivity contribution in [2.24, 2.45) is 0 Å². The van der Waals surface area contributed by atoms with E-state index in [1.54, 1.807) is 30.5 Å². The highest BCUT2D eigenvalue weighted by Crippen LogP contribution is 2.34. The number of hydrogen-bond acceptors (Lipinski definition) is 5. The Labute approximate surface area is 146 Å². The molecule has 0 unspecified atom stereocenters. The van der Waals surface area contributed by atoms with Gasteiger partial charge in [-0.05, 0) is 37.1 Å². The van der Waals surface area contributed by atoms with Crippen LogP contribution in [0.25, 0.3) is 0 Å². The van der Waals surface area contributed by atoms with E-state index in [2.05, 4.69) is 15.6 Å². The third-order valence-electron chi connectivity index (χ3n) is 4.60. The Bertz CT molecular complexity index is 772. The number of aromatic nitrogens is 1. The van der Waals surface area contributed by atoms with Gasteiger partial charge in [0.05, 0.1) is 0 Å². The number of carbonyl (C=O) groups excluding carboxylic acids is 1. The molecule has 0 saturated heterocycles. The molecular formula is C19H21N3O3. The Balaban J connectivity index is 1.43. The number of pyridine rings is 1. The molecule has 25 heavy (non-hydrogen) atoms. The third kappa shape index (κ3) is 3.68. The number of fused-ring (bicyclic) bond motifs is 1. The fraction of sp³-hybridized carbons (Fsp3) is 0.368. The monoisotopic (exact) mass is 339 g/mol. The fourth-order valence-corrected chi connectivity index (χ4v) is 3.30. The van der Waals surface area contributed by atoms with Gasteiger partial charge in [-0.2, -0.15) is 0 Å². The van der Waals surface area contributed by atoms with E-state index in [1.807, 2.05) is 6.07 Å². The molecule has 2 aliphatic rings. The molecule has 1 saturated carbocycles. The van der Waals surface area contributed by atoms with Crippen molar-refractivity contribution in [1.29, 1.82) is 0 Å². The first-order chi connectivity index (χ1) is 12.3. The zero-order chi connectivity index (χ0) is 17.1. The van der Waals surface area contributed by atoms with Gasteiger partial charge in [-0.15, -0.1) is 0 Å². The number of hydrogen-bond donors (Lipinski definition) is 2. The highest BCUT2D eigenvalue weighted by molar-refractivity contribution is 6.03. The Morgan fingerprint density at radius 2 is 1.84 bits per heavy atom.